The lowest BCUT2D eigenvalue weighted by Gasteiger charge is -2.15. The molecule has 220 valence electrons. The number of carbonyl (C=O) groups is 4. The van der Waals surface area contributed by atoms with Crippen molar-refractivity contribution in [1.82, 2.24) is 5.32 Å². The number of hydrogen-bond acceptors (Lipinski definition) is 7. The van der Waals surface area contributed by atoms with Gasteiger partial charge in [0.2, 0.25) is 11.8 Å². The summed E-state index contributed by atoms with van der Waals surface area (Å²) in [6.45, 7) is 0. The van der Waals surface area contributed by atoms with E-state index in [4.69, 9.17) is 0 Å². The van der Waals surface area contributed by atoms with Gasteiger partial charge >= 0.3 is 0 Å². The van der Waals surface area contributed by atoms with Crippen LogP contribution in [0.15, 0.2) is 118 Å². The fraction of sp³-hybridized carbons (Fsp3) is 0.0625. The molecule has 1 heterocycles. The van der Waals surface area contributed by atoms with E-state index in [1.807, 2.05) is 0 Å². The Kier molecular flexibility index (Phi) is 9.32. The monoisotopic (exact) mass is 670 g/mol. The van der Waals surface area contributed by atoms with Crippen LogP contribution < -0.4 is 15.5 Å². The van der Waals surface area contributed by atoms with Crippen LogP contribution in [0.1, 0.15) is 22.3 Å². The number of rotatable bonds is 9. The summed E-state index contributed by atoms with van der Waals surface area (Å²) in [5, 5.41) is 15.8. The maximum absolute atomic E-state index is 13.4. The van der Waals surface area contributed by atoms with Gasteiger partial charge in [-0.3, -0.25) is 29.3 Å². The Balaban J connectivity index is 1.33. The number of nitro benzene ring substituents is 1. The first-order chi connectivity index (χ1) is 21.2. The smallest absolute Gasteiger partial charge is 0.272 e. The summed E-state index contributed by atoms with van der Waals surface area (Å²) >= 11 is 4.57. The molecule has 0 saturated carbocycles. The quantitative estimate of drug-likeness (QED) is 0.0937. The van der Waals surface area contributed by atoms with E-state index in [1.54, 1.807) is 78.9 Å². The number of thioether (sulfide) groups is 1. The number of imide groups is 1. The minimum atomic E-state index is -0.639. The average Bonchev–Trinajstić information content (AvgIpc) is 3.29. The maximum Gasteiger partial charge on any atom is 0.272 e. The largest absolute Gasteiger partial charge is 0.321 e. The molecule has 0 aliphatic carbocycles. The zero-order valence-corrected chi connectivity index (χ0v) is 25.2. The van der Waals surface area contributed by atoms with Crippen LogP contribution >= 0.6 is 27.7 Å². The highest BCUT2D eigenvalue weighted by molar-refractivity contribution is 9.10. The molecule has 4 aromatic carbocycles. The molecule has 1 aliphatic rings. The van der Waals surface area contributed by atoms with E-state index in [9.17, 15) is 29.3 Å². The number of nitrogens with zero attached hydrogens (tertiary/aromatic N) is 2. The van der Waals surface area contributed by atoms with Gasteiger partial charge in [0.15, 0.2) is 0 Å². The zero-order valence-electron chi connectivity index (χ0n) is 22.8. The number of benzene rings is 4. The van der Waals surface area contributed by atoms with Crippen LogP contribution in [0, 0.1) is 10.1 Å². The van der Waals surface area contributed by atoms with Crippen LogP contribution in [0.2, 0.25) is 0 Å². The van der Waals surface area contributed by atoms with Gasteiger partial charge in [-0.1, -0.05) is 40.2 Å². The van der Waals surface area contributed by atoms with Crippen molar-refractivity contribution in [2.45, 2.75) is 16.6 Å². The lowest BCUT2D eigenvalue weighted by Crippen LogP contribution is -2.31. The first kappa shape index (κ1) is 30.4. The van der Waals surface area contributed by atoms with Crippen LogP contribution in [0.3, 0.4) is 0 Å². The second-order valence-electron chi connectivity index (χ2n) is 9.56. The molecule has 0 unspecified atom stereocenters. The minimum Gasteiger partial charge on any atom is -0.321 e. The molecule has 0 aromatic heterocycles. The van der Waals surface area contributed by atoms with Gasteiger partial charge in [0.05, 0.1) is 15.9 Å². The lowest BCUT2D eigenvalue weighted by atomic mass is 10.1. The molecule has 4 aromatic rings. The van der Waals surface area contributed by atoms with Crippen LogP contribution in [0.25, 0.3) is 6.08 Å². The lowest BCUT2D eigenvalue weighted by molar-refractivity contribution is -0.384. The number of nitrogens with one attached hydrogen (secondary N) is 2. The van der Waals surface area contributed by atoms with Crippen molar-refractivity contribution in [2.75, 3.05) is 10.2 Å². The molecule has 5 rings (SSSR count). The van der Waals surface area contributed by atoms with Crippen molar-refractivity contribution in [3.05, 3.63) is 135 Å². The normalized spacial score (nSPS) is 14.8. The summed E-state index contributed by atoms with van der Waals surface area (Å²) in [6, 6.07) is 27.6. The number of nitro groups is 1. The second-order valence-corrected chi connectivity index (χ2v) is 11.8. The van der Waals surface area contributed by atoms with Gasteiger partial charge < -0.3 is 10.6 Å². The number of halogens is 1. The Labute approximate surface area is 264 Å². The van der Waals surface area contributed by atoms with E-state index >= 15 is 0 Å². The molecule has 4 amide bonds. The predicted molar refractivity (Wildman–Crippen MR) is 171 cm³/mol. The molecular formula is C32H23BrN4O6S. The third-order valence-corrected chi connectivity index (χ3v) is 8.21. The fourth-order valence-corrected chi connectivity index (χ4v) is 5.75. The van der Waals surface area contributed by atoms with Gasteiger partial charge in [-0.15, -0.1) is 11.8 Å². The average molecular weight is 672 g/mol. The maximum atomic E-state index is 13.4. The van der Waals surface area contributed by atoms with Crippen molar-refractivity contribution in [1.29, 1.82) is 0 Å². The van der Waals surface area contributed by atoms with Crippen molar-refractivity contribution < 1.29 is 24.1 Å². The molecule has 1 aliphatic heterocycles. The van der Waals surface area contributed by atoms with Gasteiger partial charge in [-0.25, -0.2) is 4.90 Å². The number of hydrogen-bond donors (Lipinski definition) is 2. The zero-order chi connectivity index (χ0) is 31.2. The third kappa shape index (κ3) is 7.28. The summed E-state index contributed by atoms with van der Waals surface area (Å²) in [5.74, 6) is -1.77. The van der Waals surface area contributed by atoms with Gasteiger partial charge in [-0.05, 0) is 78.4 Å². The second kappa shape index (κ2) is 13.5. The highest BCUT2D eigenvalue weighted by Gasteiger charge is 2.40. The van der Waals surface area contributed by atoms with E-state index in [0.717, 1.165) is 4.47 Å². The third-order valence-electron chi connectivity index (χ3n) is 6.50. The molecule has 0 radical (unpaired) electrons. The fourth-order valence-electron chi connectivity index (χ4n) is 4.37. The molecule has 10 nitrogen and oxygen atoms in total. The minimum absolute atomic E-state index is 0.0315. The summed E-state index contributed by atoms with van der Waals surface area (Å²) in [7, 11) is 0. The van der Waals surface area contributed by atoms with E-state index in [2.05, 4.69) is 26.6 Å². The molecule has 12 heteroatoms. The SMILES string of the molecule is O=C(Nc1cccc(S[C@@H]2CC(=O)N(c3ccc(Br)cc3)C2=O)c1)/C(=C/c1ccc([N+](=O)[O-])cc1)NC(=O)c1ccccc1. The first-order valence-electron chi connectivity index (χ1n) is 13.2. The Bertz CT molecular complexity index is 1780. The summed E-state index contributed by atoms with van der Waals surface area (Å²) in [6.07, 6.45) is 1.45. The molecule has 1 fully saturated rings. The summed E-state index contributed by atoms with van der Waals surface area (Å²) in [5.41, 5.74) is 1.48. The molecule has 1 saturated heterocycles. The van der Waals surface area contributed by atoms with E-state index in [-0.39, 0.29) is 29.6 Å². The first-order valence-corrected chi connectivity index (χ1v) is 14.9. The van der Waals surface area contributed by atoms with Crippen molar-refractivity contribution >= 4 is 74.5 Å². The van der Waals surface area contributed by atoms with Crippen LogP contribution in [0.5, 0.6) is 0 Å². The van der Waals surface area contributed by atoms with Gasteiger partial charge in [0.1, 0.15) is 5.70 Å². The van der Waals surface area contributed by atoms with Crippen LogP contribution in [0.4, 0.5) is 17.1 Å². The highest BCUT2D eigenvalue weighted by atomic mass is 79.9. The Morgan fingerprint density at radius 1 is 0.932 bits per heavy atom. The highest BCUT2D eigenvalue weighted by Crippen LogP contribution is 2.35. The van der Waals surface area contributed by atoms with Crippen LogP contribution in [-0.4, -0.2) is 33.8 Å². The standard InChI is InChI=1S/C32H23BrN4O6S/c33-22-11-15-24(16-12-22)36-29(38)19-28(32(36)41)44-26-8-4-7-23(18-26)34-31(40)27(35-30(39)21-5-2-1-3-6-21)17-20-9-13-25(14-10-20)37(42)43/h1-18,28H,19H2,(H,34,40)(H,35,39)/b27-17-/t28-/m1/s1. The van der Waals surface area contributed by atoms with E-state index in [0.29, 0.717) is 27.4 Å². The van der Waals surface area contributed by atoms with Gasteiger partial charge in [0, 0.05) is 39.2 Å². The number of carbonyl (C=O) groups excluding carboxylic acids is 4. The molecule has 44 heavy (non-hydrogen) atoms. The molecule has 0 spiro atoms. The summed E-state index contributed by atoms with van der Waals surface area (Å²) in [4.78, 5) is 64.5. The van der Waals surface area contributed by atoms with Gasteiger partial charge in [-0.2, -0.15) is 0 Å². The molecule has 2 N–H and O–H groups in total. The van der Waals surface area contributed by atoms with Crippen molar-refractivity contribution in [3.8, 4) is 0 Å². The Hall–Kier alpha value is -5.07. The Morgan fingerprint density at radius 2 is 1.64 bits per heavy atom. The summed E-state index contributed by atoms with van der Waals surface area (Å²) < 4.78 is 0.829. The predicted octanol–water partition coefficient (Wildman–Crippen LogP) is 6.19. The topological polar surface area (TPSA) is 139 Å². The van der Waals surface area contributed by atoms with E-state index < -0.39 is 22.0 Å². The van der Waals surface area contributed by atoms with Gasteiger partial charge in [0.25, 0.3) is 17.5 Å². The molecule has 0 bridgehead atoms. The van der Waals surface area contributed by atoms with Crippen molar-refractivity contribution in [2.24, 2.45) is 0 Å². The Morgan fingerprint density at radius 3 is 2.32 bits per heavy atom. The van der Waals surface area contributed by atoms with Crippen molar-refractivity contribution in [3.63, 3.8) is 0 Å². The van der Waals surface area contributed by atoms with E-state index in [1.165, 1.54) is 47.0 Å². The number of non-ortho nitro benzene ring substituents is 1. The number of amides is 4. The van der Waals surface area contributed by atoms with Crippen LogP contribution in [-0.2, 0) is 14.4 Å². The molecule has 1 atom stereocenters. The molecular weight excluding hydrogens is 648 g/mol. The number of anilines is 2.